The number of hydrogen-bond donors (Lipinski definition) is 2. The van der Waals surface area contributed by atoms with Gasteiger partial charge >= 0.3 is 6.09 Å². The molecule has 1 heterocycles. The first kappa shape index (κ1) is 21.0. The van der Waals surface area contributed by atoms with Crippen LogP contribution in [0.4, 0.5) is 4.79 Å². The first-order valence-corrected chi connectivity index (χ1v) is 10.2. The quantitative estimate of drug-likeness (QED) is 0.755. The maximum atomic E-state index is 12.5. The molecule has 150 valence electrons. The zero-order chi connectivity index (χ0) is 19.2. The Hall–Kier alpha value is -1.30. The van der Waals surface area contributed by atoms with Crippen molar-refractivity contribution >= 4 is 12.0 Å². The van der Waals surface area contributed by atoms with Crippen molar-refractivity contribution in [3.63, 3.8) is 0 Å². The average molecular weight is 369 g/mol. The lowest BCUT2D eigenvalue weighted by atomic mass is 9.78. The summed E-state index contributed by atoms with van der Waals surface area (Å²) in [6.45, 7) is 7.69. The van der Waals surface area contributed by atoms with Crippen LogP contribution in [0, 0.1) is 17.8 Å². The van der Waals surface area contributed by atoms with Gasteiger partial charge in [0, 0.05) is 25.6 Å². The van der Waals surface area contributed by atoms with Crippen molar-refractivity contribution in [3.8, 4) is 0 Å². The molecule has 1 saturated heterocycles. The van der Waals surface area contributed by atoms with Gasteiger partial charge in [0.05, 0.1) is 12.2 Å². The van der Waals surface area contributed by atoms with Crippen molar-refractivity contribution in [1.82, 2.24) is 10.2 Å². The van der Waals surface area contributed by atoms with E-state index in [2.05, 4.69) is 5.32 Å². The van der Waals surface area contributed by atoms with Crippen molar-refractivity contribution in [2.24, 2.45) is 17.8 Å². The topological polar surface area (TPSA) is 78.9 Å². The predicted octanol–water partition coefficient (Wildman–Crippen LogP) is 2.94. The molecule has 2 rings (SSSR count). The molecule has 0 aromatic heterocycles. The molecular formula is C20H36N2O4. The molecule has 6 nitrogen and oxygen atoms in total. The largest absolute Gasteiger partial charge is 0.449 e. The van der Waals surface area contributed by atoms with Crippen molar-refractivity contribution in [3.05, 3.63) is 0 Å². The van der Waals surface area contributed by atoms with Crippen LogP contribution in [0.15, 0.2) is 0 Å². The number of likely N-dealkylation sites (tertiary alicyclic amines) is 1. The monoisotopic (exact) mass is 368 g/mol. The number of aliphatic hydroxyl groups is 1. The minimum atomic E-state index is -0.836. The SMILES string of the molecule is CC(C)COC(=O)N1CCC(C(=O)NC[C@](C)(O)C2CCCCC2)CC1. The smallest absolute Gasteiger partial charge is 0.409 e. The summed E-state index contributed by atoms with van der Waals surface area (Å²) in [7, 11) is 0. The molecule has 1 atom stereocenters. The van der Waals surface area contributed by atoms with Crippen LogP contribution in [0.25, 0.3) is 0 Å². The van der Waals surface area contributed by atoms with Crippen LogP contribution in [0.2, 0.25) is 0 Å². The first-order valence-electron chi connectivity index (χ1n) is 10.2. The van der Waals surface area contributed by atoms with Gasteiger partial charge in [0.1, 0.15) is 0 Å². The Labute approximate surface area is 157 Å². The summed E-state index contributed by atoms with van der Waals surface area (Å²) < 4.78 is 5.25. The van der Waals surface area contributed by atoms with Crippen molar-refractivity contribution in [2.45, 2.75) is 71.3 Å². The second kappa shape index (κ2) is 9.58. The number of amides is 2. The van der Waals surface area contributed by atoms with E-state index in [-0.39, 0.29) is 23.8 Å². The Bertz CT molecular complexity index is 464. The third-order valence-electron chi connectivity index (χ3n) is 5.77. The van der Waals surface area contributed by atoms with Gasteiger partial charge in [-0.15, -0.1) is 0 Å². The van der Waals surface area contributed by atoms with E-state index < -0.39 is 5.60 Å². The lowest BCUT2D eigenvalue weighted by Gasteiger charge is -2.36. The Morgan fingerprint density at radius 3 is 2.35 bits per heavy atom. The normalized spacial score (nSPS) is 22.1. The lowest BCUT2D eigenvalue weighted by Crippen LogP contribution is -2.49. The Balaban J connectivity index is 1.71. The third-order valence-corrected chi connectivity index (χ3v) is 5.77. The molecule has 0 radical (unpaired) electrons. The molecule has 0 unspecified atom stereocenters. The van der Waals surface area contributed by atoms with Gasteiger partial charge in [0.2, 0.25) is 5.91 Å². The fourth-order valence-electron chi connectivity index (χ4n) is 3.93. The van der Waals surface area contributed by atoms with Crippen molar-refractivity contribution in [2.75, 3.05) is 26.2 Å². The molecule has 0 bridgehead atoms. The van der Waals surface area contributed by atoms with Gasteiger partial charge in [-0.2, -0.15) is 0 Å². The molecule has 1 aliphatic carbocycles. The van der Waals surface area contributed by atoms with E-state index in [1.807, 2.05) is 20.8 Å². The Kier molecular flexibility index (Phi) is 7.74. The first-order chi connectivity index (χ1) is 12.3. The summed E-state index contributed by atoms with van der Waals surface area (Å²) in [6, 6.07) is 0. The highest BCUT2D eigenvalue weighted by Gasteiger charge is 2.34. The fourth-order valence-corrected chi connectivity index (χ4v) is 3.93. The van der Waals surface area contributed by atoms with E-state index in [1.165, 1.54) is 19.3 Å². The minimum Gasteiger partial charge on any atom is -0.449 e. The van der Waals surface area contributed by atoms with Crippen LogP contribution >= 0.6 is 0 Å². The summed E-state index contributed by atoms with van der Waals surface area (Å²) in [4.78, 5) is 26.1. The minimum absolute atomic E-state index is 0.00344. The molecular weight excluding hydrogens is 332 g/mol. The second-order valence-corrected chi connectivity index (χ2v) is 8.64. The fraction of sp³-hybridized carbons (Fsp3) is 0.900. The lowest BCUT2D eigenvalue weighted by molar-refractivity contribution is -0.128. The third kappa shape index (κ3) is 6.15. The number of nitrogens with zero attached hydrogens (tertiary/aromatic N) is 1. The summed E-state index contributed by atoms with van der Waals surface area (Å²) in [5.41, 5.74) is -0.836. The van der Waals surface area contributed by atoms with Crippen LogP contribution in [0.5, 0.6) is 0 Å². The van der Waals surface area contributed by atoms with Gasteiger partial charge in [-0.05, 0) is 44.4 Å². The van der Waals surface area contributed by atoms with Crippen LogP contribution in [0.1, 0.15) is 65.7 Å². The van der Waals surface area contributed by atoms with E-state index in [0.29, 0.717) is 45.0 Å². The van der Waals surface area contributed by atoms with Crippen LogP contribution in [-0.4, -0.2) is 53.8 Å². The van der Waals surface area contributed by atoms with Crippen molar-refractivity contribution < 1.29 is 19.4 Å². The van der Waals surface area contributed by atoms with Crippen LogP contribution in [-0.2, 0) is 9.53 Å². The summed E-state index contributed by atoms with van der Waals surface area (Å²) in [5.74, 6) is 0.496. The van der Waals surface area contributed by atoms with Crippen LogP contribution in [0.3, 0.4) is 0 Å². The molecule has 1 saturated carbocycles. The molecule has 2 fully saturated rings. The van der Waals surface area contributed by atoms with E-state index in [9.17, 15) is 14.7 Å². The van der Waals surface area contributed by atoms with Gasteiger partial charge in [-0.1, -0.05) is 33.1 Å². The maximum Gasteiger partial charge on any atom is 0.409 e. The highest BCUT2D eigenvalue weighted by Crippen LogP contribution is 2.32. The Morgan fingerprint density at radius 1 is 1.15 bits per heavy atom. The zero-order valence-corrected chi connectivity index (χ0v) is 16.6. The number of rotatable bonds is 6. The summed E-state index contributed by atoms with van der Waals surface area (Å²) in [6.07, 6.45) is 6.68. The number of piperidine rings is 1. The number of nitrogens with one attached hydrogen (secondary N) is 1. The molecule has 6 heteroatoms. The summed E-state index contributed by atoms with van der Waals surface area (Å²) >= 11 is 0. The Morgan fingerprint density at radius 2 is 1.77 bits per heavy atom. The number of hydrogen-bond acceptors (Lipinski definition) is 4. The predicted molar refractivity (Wildman–Crippen MR) is 101 cm³/mol. The number of carbonyl (C=O) groups excluding carboxylic acids is 2. The van der Waals surface area contributed by atoms with E-state index in [4.69, 9.17) is 4.74 Å². The summed E-state index contributed by atoms with van der Waals surface area (Å²) in [5, 5.41) is 13.7. The second-order valence-electron chi connectivity index (χ2n) is 8.64. The van der Waals surface area contributed by atoms with Gasteiger partial charge < -0.3 is 20.1 Å². The maximum absolute atomic E-state index is 12.5. The average Bonchev–Trinajstić information content (AvgIpc) is 2.65. The number of ether oxygens (including phenoxy) is 1. The molecule has 2 aliphatic rings. The van der Waals surface area contributed by atoms with Gasteiger partial charge in [0.25, 0.3) is 0 Å². The molecule has 0 aromatic carbocycles. The van der Waals surface area contributed by atoms with Crippen molar-refractivity contribution in [1.29, 1.82) is 0 Å². The van der Waals surface area contributed by atoms with Crippen LogP contribution < -0.4 is 5.32 Å². The van der Waals surface area contributed by atoms with E-state index in [0.717, 1.165) is 12.8 Å². The van der Waals surface area contributed by atoms with Gasteiger partial charge in [0.15, 0.2) is 0 Å². The van der Waals surface area contributed by atoms with Gasteiger partial charge in [-0.3, -0.25) is 4.79 Å². The standard InChI is InChI=1S/C20H36N2O4/c1-15(2)13-26-19(24)22-11-9-16(10-12-22)18(23)21-14-20(3,25)17-7-5-4-6-8-17/h15-17,25H,4-14H2,1-3H3,(H,21,23)/t20-/m0/s1. The molecule has 0 spiro atoms. The molecule has 1 aliphatic heterocycles. The zero-order valence-electron chi connectivity index (χ0n) is 16.6. The molecule has 0 aromatic rings. The molecule has 2 amide bonds. The molecule has 26 heavy (non-hydrogen) atoms. The van der Waals surface area contributed by atoms with E-state index in [1.54, 1.807) is 4.90 Å². The van der Waals surface area contributed by atoms with Gasteiger partial charge in [-0.25, -0.2) is 4.79 Å². The number of carbonyl (C=O) groups is 2. The molecule has 2 N–H and O–H groups in total. The highest BCUT2D eigenvalue weighted by atomic mass is 16.6. The highest BCUT2D eigenvalue weighted by molar-refractivity contribution is 5.79. The van der Waals surface area contributed by atoms with E-state index >= 15 is 0 Å².